The van der Waals surface area contributed by atoms with Crippen molar-refractivity contribution in [1.29, 1.82) is 5.41 Å². The number of nitrogens with one attached hydrogen (secondary N) is 4. The van der Waals surface area contributed by atoms with Crippen molar-refractivity contribution in [1.82, 2.24) is 25.8 Å². The van der Waals surface area contributed by atoms with Gasteiger partial charge in [-0.25, -0.2) is 4.79 Å². The number of carboxylic acid groups (broad SMARTS) is 1. The van der Waals surface area contributed by atoms with Gasteiger partial charge < -0.3 is 26.0 Å². The Morgan fingerprint density at radius 3 is 2.43 bits per heavy atom. The molecule has 190 valence electrons. The van der Waals surface area contributed by atoms with Crippen LogP contribution in [0.3, 0.4) is 0 Å². The molecule has 0 spiro atoms. The summed E-state index contributed by atoms with van der Waals surface area (Å²) in [6, 6.07) is 8.87. The third-order valence-corrected chi connectivity index (χ3v) is 7.64. The molecule has 3 heterocycles. The third-order valence-electron chi connectivity index (χ3n) is 6.07. The number of rotatable bonds is 8. The molecule has 13 heteroatoms. The van der Waals surface area contributed by atoms with E-state index in [2.05, 4.69) is 20.9 Å². The van der Waals surface area contributed by atoms with Gasteiger partial charge in [-0.3, -0.25) is 24.8 Å². The number of aliphatic carboxylic acids is 1. The molecule has 1 aromatic heterocycles. The van der Waals surface area contributed by atoms with E-state index >= 15 is 0 Å². The molecule has 2 aliphatic rings. The standard InChI is InChI=1S/C24H26N6O5S.Na.H/c1-24(2)18(23(34)35)30-21(33)17(22(30)36-24)29-20(32)16(13-6-4-3-5-7-13)28-15(31)12-27-19(25)14-8-10-26-11-9-14;;/h3-11,16-18,22H,12H2,1-2H3,(H2,25,27)(H,28,31)(H,29,32)(H,34,35);;/t16?,17-,18+,22-;;/m1../s1. The number of carbonyl (C=O) groups excluding carboxylic acids is 3. The van der Waals surface area contributed by atoms with Gasteiger partial charge in [-0.2, -0.15) is 0 Å². The van der Waals surface area contributed by atoms with Gasteiger partial charge in [-0.15, -0.1) is 11.8 Å². The van der Waals surface area contributed by atoms with Crippen molar-refractivity contribution >= 4 is 70.8 Å². The first-order chi connectivity index (χ1) is 17.1. The summed E-state index contributed by atoms with van der Waals surface area (Å²) in [7, 11) is 0. The maximum atomic E-state index is 13.3. The van der Waals surface area contributed by atoms with E-state index in [9.17, 15) is 24.3 Å². The Kier molecular flexibility index (Phi) is 9.00. The minimum absolute atomic E-state index is 0. The molecule has 3 amide bonds. The summed E-state index contributed by atoms with van der Waals surface area (Å²) in [5.74, 6) is -2.64. The molecule has 2 fully saturated rings. The van der Waals surface area contributed by atoms with Gasteiger partial charge in [0.25, 0.3) is 0 Å². The van der Waals surface area contributed by atoms with Crippen LogP contribution in [0.4, 0.5) is 0 Å². The number of thioether (sulfide) groups is 1. The molecule has 37 heavy (non-hydrogen) atoms. The second-order valence-corrected chi connectivity index (χ2v) is 10.7. The number of carbonyl (C=O) groups is 4. The Morgan fingerprint density at radius 2 is 1.81 bits per heavy atom. The predicted octanol–water partition coefficient (Wildman–Crippen LogP) is -0.163. The van der Waals surface area contributed by atoms with E-state index in [1.807, 2.05) is 0 Å². The van der Waals surface area contributed by atoms with Crippen LogP contribution in [0.1, 0.15) is 31.0 Å². The van der Waals surface area contributed by atoms with Gasteiger partial charge in [0, 0.05) is 22.7 Å². The molecular formula is C24H27N6NaO5S. The van der Waals surface area contributed by atoms with Crippen molar-refractivity contribution in [3.63, 3.8) is 0 Å². The summed E-state index contributed by atoms with van der Waals surface area (Å²) in [5, 5.41) is 25.2. The van der Waals surface area contributed by atoms with Crippen LogP contribution in [-0.4, -0.2) is 103 Å². The SMILES string of the molecule is CC1(C)S[C@@H]2[C@H](NC(=O)C(NC(=O)CNC(=N)c3ccncc3)c3ccccc3)C(=O)N2[C@H]1C(=O)O.[NaH]. The molecular weight excluding hydrogens is 507 g/mol. The van der Waals surface area contributed by atoms with Crippen molar-refractivity contribution in [2.75, 3.05) is 6.54 Å². The monoisotopic (exact) mass is 534 g/mol. The topological polar surface area (TPSA) is 165 Å². The number of amides is 3. The minimum atomic E-state index is -1.09. The number of β-lactam (4-membered cyclic amide) rings is 1. The van der Waals surface area contributed by atoms with Crippen molar-refractivity contribution in [3.05, 3.63) is 66.0 Å². The van der Waals surface area contributed by atoms with E-state index in [0.717, 1.165) is 0 Å². The Bertz CT molecular complexity index is 1200. The molecule has 0 radical (unpaired) electrons. The average molecular weight is 535 g/mol. The first-order valence-electron chi connectivity index (χ1n) is 11.2. The number of hydrogen-bond donors (Lipinski definition) is 5. The molecule has 5 N–H and O–H groups in total. The van der Waals surface area contributed by atoms with Gasteiger partial charge in [0.2, 0.25) is 17.7 Å². The quantitative estimate of drug-likeness (QED) is 0.135. The van der Waals surface area contributed by atoms with Crippen LogP contribution in [0.2, 0.25) is 0 Å². The van der Waals surface area contributed by atoms with Gasteiger partial charge in [0.15, 0.2) is 0 Å². The van der Waals surface area contributed by atoms with Crippen LogP contribution in [0.5, 0.6) is 0 Å². The molecule has 1 unspecified atom stereocenters. The van der Waals surface area contributed by atoms with Crippen molar-refractivity contribution < 1.29 is 24.3 Å². The van der Waals surface area contributed by atoms with Gasteiger partial charge in [0.05, 0.1) is 6.54 Å². The third kappa shape index (κ3) is 5.98. The summed E-state index contributed by atoms with van der Waals surface area (Å²) >= 11 is 1.32. The molecule has 2 aliphatic heterocycles. The number of hydrogen-bond acceptors (Lipinski definition) is 7. The van der Waals surface area contributed by atoms with Crippen LogP contribution < -0.4 is 16.0 Å². The van der Waals surface area contributed by atoms with Gasteiger partial charge in [0.1, 0.15) is 29.3 Å². The summed E-state index contributed by atoms with van der Waals surface area (Å²) < 4.78 is -0.719. The summed E-state index contributed by atoms with van der Waals surface area (Å²) in [6.45, 7) is 3.26. The molecule has 11 nitrogen and oxygen atoms in total. The predicted molar refractivity (Wildman–Crippen MR) is 139 cm³/mol. The van der Waals surface area contributed by atoms with Gasteiger partial charge in [-0.1, -0.05) is 30.3 Å². The van der Waals surface area contributed by atoms with E-state index < -0.39 is 51.9 Å². The summed E-state index contributed by atoms with van der Waals surface area (Å²) in [5.41, 5.74) is 1.07. The number of fused-ring (bicyclic) bond motifs is 1. The summed E-state index contributed by atoms with van der Waals surface area (Å²) in [4.78, 5) is 55.6. The molecule has 2 saturated heterocycles. The normalized spacial score (nSPS) is 21.9. The maximum absolute atomic E-state index is 13.3. The Morgan fingerprint density at radius 1 is 1.16 bits per heavy atom. The van der Waals surface area contributed by atoms with E-state index in [1.54, 1.807) is 56.3 Å². The van der Waals surface area contributed by atoms with Gasteiger partial charge in [-0.05, 0) is 31.5 Å². The summed E-state index contributed by atoms with van der Waals surface area (Å²) in [6.07, 6.45) is 3.07. The molecule has 0 aliphatic carbocycles. The number of pyridine rings is 1. The Hall–Kier alpha value is -2.93. The average Bonchev–Trinajstić information content (AvgIpc) is 3.13. The number of benzene rings is 1. The van der Waals surface area contributed by atoms with Crippen LogP contribution in [0.15, 0.2) is 54.9 Å². The van der Waals surface area contributed by atoms with Crippen LogP contribution in [-0.2, 0) is 19.2 Å². The Labute approximate surface area is 240 Å². The van der Waals surface area contributed by atoms with E-state index in [-0.39, 0.29) is 41.9 Å². The fraction of sp³-hybridized carbons (Fsp3) is 0.333. The molecule has 0 bridgehead atoms. The molecule has 0 saturated carbocycles. The molecule has 4 rings (SSSR count). The van der Waals surface area contributed by atoms with Gasteiger partial charge >= 0.3 is 35.5 Å². The van der Waals surface area contributed by atoms with E-state index in [1.165, 1.54) is 29.1 Å². The van der Waals surface area contributed by atoms with Crippen LogP contribution in [0, 0.1) is 5.41 Å². The zero-order valence-electron chi connectivity index (χ0n) is 19.6. The Balaban J connectivity index is 0.00000380. The number of nitrogens with zero attached hydrogens (tertiary/aromatic N) is 2. The zero-order valence-corrected chi connectivity index (χ0v) is 20.4. The molecule has 4 atom stereocenters. The number of amidine groups is 1. The fourth-order valence-corrected chi connectivity index (χ4v) is 5.95. The van der Waals surface area contributed by atoms with Crippen LogP contribution >= 0.6 is 11.8 Å². The van der Waals surface area contributed by atoms with Crippen molar-refractivity contribution in [2.45, 2.75) is 42.1 Å². The first-order valence-corrected chi connectivity index (χ1v) is 12.1. The molecule has 2 aromatic rings. The van der Waals surface area contributed by atoms with E-state index in [0.29, 0.717) is 11.1 Å². The van der Waals surface area contributed by atoms with E-state index in [4.69, 9.17) is 5.41 Å². The molecule has 1 aromatic carbocycles. The fourth-order valence-electron chi connectivity index (χ4n) is 4.33. The number of aromatic nitrogens is 1. The first kappa shape index (κ1) is 28.6. The second-order valence-electron chi connectivity index (χ2n) is 8.96. The van der Waals surface area contributed by atoms with Crippen LogP contribution in [0.25, 0.3) is 0 Å². The number of carboxylic acids is 1. The zero-order chi connectivity index (χ0) is 26.0. The van der Waals surface area contributed by atoms with Crippen molar-refractivity contribution in [3.8, 4) is 0 Å². The second kappa shape index (κ2) is 11.6. The van der Waals surface area contributed by atoms with Crippen molar-refractivity contribution in [2.24, 2.45) is 0 Å².